The lowest BCUT2D eigenvalue weighted by molar-refractivity contribution is -0.136. The lowest BCUT2D eigenvalue weighted by atomic mass is 10.2. The van der Waals surface area contributed by atoms with Crippen LogP contribution >= 0.6 is 22.9 Å². The fraction of sp³-hybridized carbons (Fsp3) is 0.188. The first-order chi connectivity index (χ1) is 12.4. The van der Waals surface area contributed by atoms with Crippen molar-refractivity contribution < 1.29 is 18.0 Å². The molecule has 0 fully saturated rings. The van der Waals surface area contributed by atoms with Crippen LogP contribution in [0.2, 0.25) is 5.15 Å². The molecule has 1 aliphatic rings. The third-order valence-corrected chi connectivity index (χ3v) is 5.22. The highest BCUT2D eigenvalue weighted by molar-refractivity contribution is 7.10. The van der Waals surface area contributed by atoms with Crippen LogP contribution < -0.4 is 0 Å². The number of amides is 1. The molecule has 134 valence electrons. The van der Waals surface area contributed by atoms with Gasteiger partial charge >= 0.3 is 6.18 Å². The number of nitrogens with zero attached hydrogens (tertiary/aromatic N) is 4. The van der Waals surface area contributed by atoms with Gasteiger partial charge in [-0.05, 0) is 12.1 Å². The van der Waals surface area contributed by atoms with E-state index in [1.54, 1.807) is 6.20 Å². The van der Waals surface area contributed by atoms with Gasteiger partial charge in [0.15, 0.2) is 11.3 Å². The number of fused-ring (bicyclic) bond motifs is 1. The molecule has 4 heterocycles. The van der Waals surface area contributed by atoms with Crippen LogP contribution in [-0.2, 0) is 6.18 Å². The summed E-state index contributed by atoms with van der Waals surface area (Å²) in [6, 6.07) is 2.13. The predicted octanol–water partition coefficient (Wildman–Crippen LogP) is 4.00. The van der Waals surface area contributed by atoms with E-state index >= 15 is 0 Å². The Morgan fingerprint density at radius 2 is 2.15 bits per heavy atom. The number of alkyl halides is 3. The van der Waals surface area contributed by atoms with Gasteiger partial charge in [0.2, 0.25) is 0 Å². The van der Waals surface area contributed by atoms with E-state index in [9.17, 15) is 18.0 Å². The van der Waals surface area contributed by atoms with E-state index in [-0.39, 0.29) is 16.5 Å². The van der Waals surface area contributed by atoms with Crippen molar-refractivity contribution in [2.24, 2.45) is 0 Å². The van der Waals surface area contributed by atoms with Crippen LogP contribution in [0.25, 0.3) is 11.2 Å². The van der Waals surface area contributed by atoms with Gasteiger partial charge in [0.1, 0.15) is 10.2 Å². The minimum absolute atomic E-state index is 0.140. The molecule has 26 heavy (non-hydrogen) atoms. The fourth-order valence-corrected chi connectivity index (χ4v) is 3.72. The minimum atomic E-state index is -4.59. The molecule has 10 heteroatoms. The Balaban J connectivity index is 1.67. The number of carbonyl (C=O) groups excluding carboxylic acids is 1. The molecule has 4 rings (SSSR count). The average Bonchev–Trinajstić information content (AvgIpc) is 3.33. The Morgan fingerprint density at radius 1 is 1.35 bits per heavy atom. The molecule has 1 aliphatic heterocycles. The quantitative estimate of drug-likeness (QED) is 0.655. The highest BCUT2D eigenvalue weighted by Gasteiger charge is 2.36. The number of carbonyl (C=O) groups is 1. The van der Waals surface area contributed by atoms with E-state index in [4.69, 9.17) is 11.6 Å². The lowest BCUT2D eigenvalue weighted by Gasteiger charge is -2.14. The SMILES string of the molecule is O=C(c1nc2c(C(F)(F)F)cccn2c1Cl)N1CC=C(c2nccs2)C1. The van der Waals surface area contributed by atoms with Gasteiger partial charge in [-0.15, -0.1) is 11.3 Å². The summed E-state index contributed by atoms with van der Waals surface area (Å²) in [5.41, 5.74) is -0.633. The summed E-state index contributed by atoms with van der Waals surface area (Å²) < 4.78 is 40.6. The summed E-state index contributed by atoms with van der Waals surface area (Å²) >= 11 is 7.60. The number of hydrogen-bond acceptors (Lipinski definition) is 4. The normalized spacial score (nSPS) is 14.9. The van der Waals surface area contributed by atoms with Gasteiger partial charge in [-0.3, -0.25) is 9.20 Å². The number of halogens is 4. The van der Waals surface area contributed by atoms with Crippen LogP contribution in [-0.4, -0.2) is 38.3 Å². The lowest BCUT2D eigenvalue weighted by Crippen LogP contribution is -2.29. The molecule has 0 atom stereocenters. The molecule has 0 unspecified atom stereocenters. The van der Waals surface area contributed by atoms with Crippen molar-refractivity contribution in [1.29, 1.82) is 0 Å². The molecule has 0 saturated carbocycles. The van der Waals surface area contributed by atoms with Crippen molar-refractivity contribution in [2.75, 3.05) is 13.1 Å². The molecule has 0 saturated heterocycles. The number of pyridine rings is 1. The molecule has 0 N–H and O–H groups in total. The maximum Gasteiger partial charge on any atom is 0.419 e. The summed E-state index contributed by atoms with van der Waals surface area (Å²) in [7, 11) is 0. The molecule has 0 aromatic carbocycles. The molecule has 1 amide bonds. The summed E-state index contributed by atoms with van der Waals surface area (Å²) in [5, 5.41) is 2.50. The summed E-state index contributed by atoms with van der Waals surface area (Å²) in [6.07, 6.45) is 0.287. The van der Waals surface area contributed by atoms with Crippen LogP contribution in [0.3, 0.4) is 0 Å². The Morgan fingerprint density at radius 3 is 2.85 bits per heavy atom. The molecular weight excluding hydrogens is 389 g/mol. The van der Waals surface area contributed by atoms with Crippen LogP contribution in [0.5, 0.6) is 0 Å². The van der Waals surface area contributed by atoms with Crippen molar-refractivity contribution in [3.63, 3.8) is 0 Å². The van der Waals surface area contributed by atoms with Crippen molar-refractivity contribution >= 4 is 40.1 Å². The Kier molecular flexibility index (Phi) is 4.00. The second kappa shape index (κ2) is 6.10. The van der Waals surface area contributed by atoms with Crippen LogP contribution in [0.1, 0.15) is 21.1 Å². The van der Waals surface area contributed by atoms with Crippen molar-refractivity contribution in [2.45, 2.75) is 6.18 Å². The standard InChI is InChI=1S/C16H10ClF3N4OS/c17-12-11(22-13-10(16(18,19)20)2-1-5-24(12)13)15(25)23-6-3-9(8-23)14-21-4-7-26-14/h1-5,7H,6,8H2. The monoisotopic (exact) mass is 398 g/mol. The van der Waals surface area contributed by atoms with Gasteiger partial charge < -0.3 is 4.90 Å². The molecular formula is C16H10ClF3N4OS. The molecule has 0 spiro atoms. The van der Waals surface area contributed by atoms with Gasteiger partial charge in [-0.2, -0.15) is 13.2 Å². The first-order valence-corrected chi connectivity index (χ1v) is 8.74. The molecule has 0 bridgehead atoms. The zero-order valence-electron chi connectivity index (χ0n) is 13.0. The van der Waals surface area contributed by atoms with Crippen molar-refractivity contribution in [1.82, 2.24) is 19.3 Å². The molecule has 5 nitrogen and oxygen atoms in total. The zero-order valence-corrected chi connectivity index (χ0v) is 14.6. The molecule has 0 radical (unpaired) electrons. The number of rotatable bonds is 2. The number of aromatic nitrogens is 3. The predicted molar refractivity (Wildman–Crippen MR) is 91.2 cm³/mol. The first-order valence-electron chi connectivity index (χ1n) is 7.48. The van der Waals surface area contributed by atoms with Crippen LogP contribution in [0.4, 0.5) is 13.2 Å². The maximum absolute atomic E-state index is 13.2. The highest BCUT2D eigenvalue weighted by atomic mass is 35.5. The second-order valence-electron chi connectivity index (χ2n) is 5.62. The van der Waals surface area contributed by atoms with E-state index in [2.05, 4.69) is 9.97 Å². The van der Waals surface area contributed by atoms with Gasteiger partial charge in [0, 0.05) is 36.4 Å². The first kappa shape index (κ1) is 17.0. The fourth-order valence-electron chi connectivity index (χ4n) is 2.79. The summed E-state index contributed by atoms with van der Waals surface area (Å²) in [4.78, 5) is 22.3. The van der Waals surface area contributed by atoms with Crippen LogP contribution in [0, 0.1) is 0 Å². The van der Waals surface area contributed by atoms with Gasteiger partial charge in [0.05, 0.1) is 5.56 Å². The third kappa shape index (κ3) is 2.77. The molecule has 0 aliphatic carbocycles. The van der Waals surface area contributed by atoms with Crippen molar-refractivity contribution in [3.05, 3.63) is 57.4 Å². The third-order valence-electron chi connectivity index (χ3n) is 4.01. The Bertz CT molecular complexity index is 1030. The summed E-state index contributed by atoms with van der Waals surface area (Å²) in [6.45, 7) is 0.632. The summed E-state index contributed by atoms with van der Waals surface area (Å²) in [5.74, 6) is -0.519. The molecule has 3 aromatic rings. The van der Waals surface area contributed by atoms with E-state index in [1.807, 2.05) is 11.5 Å². The Hall–Kier alpha value is -2.39. The van der Waals surface area contributed by atoms with Gasteiger partial charge in [-0.1, -0.05) is 17.7 Å². The van der Waals surface area contributed by atoms with Gasteiger partial charge in [-0.25, -0.2) is 9.97 Å². The van der Waals surface area contributed by atoms with Crippen molar-refractivity contribution in [3.8, 4) is 0 Å². The van der Waals surface area contributed by atoms with E-state index in [0.29, 0.717) is 13.1 Å². The molecule has 3 aromatic heterocycles. The smallest absolute Gasteiger partial charge is 0.329 e. The van der Waals surface area contributed by atoms with Gasteiger partial charge in [0.25, 0.3) is 5.91 Å². The second-order valence-corrected chi connectivity index (χ2v) is 6.87. The number of imidazole rings is 1. The average molecular weight is 399 g/mol. The van der Waals surface area contributed by atoms with E-state index < -0.39 is 17.6 Å². The zero-order chi connectivity index (χ0) is 18.5. The number of thiazole rings is 1. The highest BCUT2D eigenvalue weighted by Crippen LogP contribution is 2.34. The van der Waals surface area contributed by atoms with Crippen LogP contribution in [0.15, 0.2) is 36.0 Å². The maximum atomic E-state index is 13.2. The largest absolute Gasteiger partial charge is 0.419 e. The van der Waals surface area contributed by atoms with E-state index in [1.165, 1.54) is 28.5 Å². The minimum Gasteiger partial charge on any atom is -0.329 e. The Labute approximate surface area is 154 Å². The number of hydrogen-bond donors (Lipinski definition) is 0. The topological polar surface area (TPSA) is 50.5 Å². The van der Waals surface area contributed by atoms with E-state index in [0.717, 1.165) is 21.0 Å².